The number of aromatic hydroxyl groups is 1. The molecule has 0 bridgehead atoms. The molecule has 1 atom stereocenters. The van der Waals surface area contributed by atoms with Gasteiger partial charge >= 0.3 is 5.63 Å². The predicted octanol–water partition coefficient (Wildman–Crippen LogP) is 3.62. The molecule has 8 nitrogen and oxygen atoms in total. The van der Waals surface area contributed by atoms with Gasteiger partial charge in [-0.1, -0.05) is 25.0 Å². The van der Waals surface area contributed by atoms with Gasteiger partial charge in [-0.3, -0.25) is 9.62 Å². The van der Waals surface area contributed by atoms with Crippen molar-refractivity contribution < 1.29 is 22.7 Å². The number of fused-ring (bicyclic) bond motifs is 1. The van der Waals surface area contributed by atoms with Crippen LogP contribution in [0, 0.1) is 5.92 Å². The Bertz CT molecular complexity index is 1230. The number of hydrogen-bond donors (Lipinski definition) is 2. The normalized spacial score (nSPS) is 20.2. The van der Waals surface area contributed by atoms with E-state index in [4.69, 9.17) is 9.15 Å². The highest BCUT2D eigenvalue weighted by molar-refractivity contribution is 7.92. The summed E-state index contributed by atoms with van der Waals surface area (Å²) in [5.41, 5.74) is 1.91. The molecule has 0 amide bonds. The Labute approximate surface area is 212 Å². The van der Waals surface area contributed by atoms with Gasteiger partial charge in [-0.05, 0) is 55.7 Å². The van der Waals surface area contributed by atoms with Gasteiger partial charge in [0.2, 0.25) is 10.0 Å². The summed E-state index contributed by atoms with van der Waals surface area (Å²) in [6.45, 7) is 3.18. The fourth-order valence-corrected chi connectivity index (χ4v) is 6.59. The molecule has 2 heterocycles. The highest BCUT2D eigenvalue weighted by Gasteiger charge is 2.38. The Balaban J connectivity index is 1.40. The molecular formula is C27H36N2O6S. The van der Waals surface area contributed by atoms with E-state index in [-0.39, 0.29) is 23.3 Å². The summed E-state index contributed by atoms with van der Waals surface area (Å²) in [5.74, 6) is 0.598. The smallest absolute Gasteiger partial charge is 0.343 e. The predicted molar refractivity (Wildman–Crippen MR) is 138 cm³/mol. The van der Waals surface area contributed by atoms with Gasteiger partial charge in [0.25, 0.3) is 0 Å². The van der Waals surface area contributed by atoms with Crippen LogP contribution in [0.1, 0.15) is 66.9 Å². The van der Waals surface area contributed by atoms with Gasteiger partial charge in [0.15, 0.2) is 0 Å². The van der Waals surface area contributed by atoms with E-state index in [9.17, 15) is 18.3 Å². The first-order valence-corrected chi connectivity index (χ1v) is 14.8. The molecule has 2 aliphatic carbocycles. The molecule has 2 aromatic rings. The van der Waals surface area contributed by atoms with Gasteiger partial charge in [-0.25, -0.2) is 13.2 Å². The van der Waals surface area contributed by atoms with Gasteiger partial charge in [0, 0.05) is 43.2 Å². The molecule has 196 valence electrons. The van der Waals surface area contributed by atoms with Crippen molar-refractivity contribution in [2.24, 2.45) is 5.92 Å². The quantitative estimate of drug-likeness (QED) is 0.552. The van der Waals surface area contributed by atoms with Crippen molar-refractivity contribution in [2.75, 3.05) is 43.3 Å². The molecule has 1 aromatic carbocycles. The molecule has 1 aliphatic heterocycles. The zero-order chi connectivity index (χ0) is 25.1. The van der Waals surface area contributed by atoms with E-state index in [1.54, 1.807) is 18.2 Å². The molecule has 0 spiro atoms. The van der Waals surface area contributed by atoms with Crippen LogP contribution < -0.4 is 10.3 Å². The zero-order valence-electron chi connectivity index (χ0n) is 20.7. The van der Waals surface area contributed by atoms with Crippen molar-refractivity contribution in [1.82, 2.24) is 4.90 Å². The van der Waals surface area contributed by atoms with E-state index in [1.165, 1.54) is 0 Å². The van der Waals surface area contributed by atoms with Gasteiger partial charge in [0.05, 0.1) is 24.5 Å². The lowest BCUT2D eigenvalue weighted by atomic mass is 9.85. The Morgan fingerprint density at radius 2 is 1.83 bits per heavy atom. The number of nitrogens with one attached hydrogen (secondary N) is 1. The molecule has 36 heavy (non-hydrogen) atoms. The molecule has 1 saturated heterocycles. The fraction of sp³-hybridized carbons (Fsp3) is 0.593. The summed E-state index contributed by atoms with van der Waals surface area (Å²) in [4.78, 5) is 15.2. The minimum atomic E-state index is -3.54. The first-order valence-electron chi connectivity index (χ1n) is 13.2. The van der Waals surface area contributed by atoms with E-state index in [1.807, 2.05) is 6.07 Å². The van der Waals surface area contributed by atoms with Crippen LogP contribution in [0.3, 0.4) is 0 Å². The van der Waals surface area contributed by atoms with Gasteiger partial charge < -0.3 is 14.3 Å². The molecule has 3 aliphatic rings. The van der Waals surface area contributed by atoms with Crippen LogP contribution in [0.4, 0.5) is 5.69 Å². The van der Waals surface area contributed by atoms with Crippen LogP contribution in [-0.2, 0) is 27.6 Å². The Morgan fingerprint density at radius 1 is 1.08 bits per heavy atom. The number of hydrogen-bond acceptors (Lipinski definition) is 7. The molecule has 1 unspecified atom stereocenters. The first-order chi connectivity index (χ1) is 17.4. The van der Waals surface area contributed by atoms with Crippen molar-refractivity contribution in [2.45, 2.75) is 57.3 Å². The average Bonchev–Trinajstić information content (AvgIpc) is 3.67. The van der Waals surface area contributed by atoms with E-state index in [0.29, 0.717) is 49.6 Å². The second kappa shape index (κ2) is 10.9. The summed E-state index contributed by atoms with van der Waals surface area (Å²) in [5, 5.41) is 11.3. The second-order valence-electron chi connectivity index (χ2n) is 10.3. The third kappa shape index (κ3) is 5.95. The SMILES string of the molecule is O=c1oc2c(c(O)c1C(c1cccc(NS(=O)(=O)CCN3CCOCC3)c1)C1CC1)CCCCCC2. The maximum atomic E-state index is 13.2. The molecule has 2 fully saturated rings. The molecule has 1 aromatic heterocycles. The second-order valence-corrected chi connectivity index (χ2v) is 12.1. The molecule has 2 N–H and O–H groups in total. The zero-order valence-corrected chi connectivity index (χ0v) is 21.5. The third-order valence-corrected chi connectivity index (χ3v) is 8.86. The first kappa shape index (κ1) is 25.3. The molecular weight excluding hydrogens is 480 g/mol. The number of anilines is 1. The van der Waals surface area contributed by atoms with Gasteiger partial charge in [0.1, 0.15) is 11.5 Å². The summed E-state index contributed by atoms with van der Waals surface area (Å²) in [6.07, 6.45) is 7.41. The maximum Gasteiger partial charge on any atom is 0.343 e. The standard InChI is InChI=1S/C27H36N2O6S/c30-26-22-8-3-1-2-4-9-23(22)35-27(31)25(26)24(19-10-11-19)20-6-5-7-21(18-20)28-36(32,33)17-14-29-12-15-34-16-13-29/h5-7,18-19,24,28,30H,1-4,8-17H2. The van der Waals surface area contributed by atoms with Crippen LogP contribution in [-0.4, -0.2) is 57.0 Å². The van der Waals surface area contributed by atoms with Crippen LogP contribution in [0.2, 0.25) is 0 Å². The van der Waals surface area contributed by atoms with E-state index >= 15 is 0 Å². The Morgan fingerprint density at radius 3 is 2.58 bits per heavy atom. The van der Waals surface area contributed by atoms with Crippen LogP contribution >= 0.6 is 0 Å². The highest BCUT2D eigenvalue weighted by Crippen LogP contribution is 2.49. The average molecular weight is 517 g/mol. The number of rotatable bonds is 8. The minimum Gasteiger partial charge on any atom is -0.507 e. The lowest BCUT2D eigenvalue weighted by Gasteiger charge is -2.26. The lowest BCUT2D eigenvalue weighted by molar-refractivity contribution is 0.0408. The van der Waals surface area contributed by atoms with Crippen LogP contribution in [0.5, 0.6) is 5.75 Å². The molecule has 9 heteroatoms. The van der Waals surface area contributed by atoms with Crippen molar-refractivity contribution in [3.05, 3.63) is 57.1 Å². The molecule has 1 saturated carbocycles. The summed E-state index contributed by atoms with van der Waals surface area (Å²) >= 11 is 0. The highest BCUT2D eigenvalue weighted by atomic mass is 32.2. The van der Waals surface area contributed by atoms with Crippen LogP contribution in [0.25, 0.3) is 0 Å². The van der Waals surface area contributed by atoms with Crippen molar-refractivity contribution in [3.8, 4) is 5.75 Å². The summed E-state index contributed by atoms with van der Waals surface area (Å²) in [7, 11) is -3.54. The number of sulfonamides is 1. The van der Waals surface area contributed by atoms with Crippen molar-refractivity contribution in [1.29, 1.82) is 0 Å². The van der Waals surface area contributed by atoms with E-state index < -0.39 is 15.6 Å². The minimum absolute atomic E-state index is 0.00151. The number of nitrogens with zero attached hydrogens (tertiary/aromatic N) is 1. The largest absolute Gasteiger partial charge is 0.507 e. The van der Waals surface area contributed by atoms with Gasteiger partial charge in [-0.15, -0.1) is 0 Å². The summed E-state index contributed by atoms with van der Waals surface area (Å²) in [6, 6.07) is 7.23. The number of benzene rings is 1. The van der Waals surface area contributed by atoms with Crippen molar-refractivity contribution >= 4 is 15.7 Å². The van der Waals surface area contributed by atoms with Crippen LogP contribution in [0.15, 0.2) is 33.5 Å². The summed E-state index contributed by atoms with van der Waals surface area (Å²) < 4.78 is 39.4. The number of ether oxygens (including phenoxy) is 1. The maximum absolute atomic E-state index is 13.2. The Kier molecular flexibility index (Phi) is 7.69. The van der Waals surface area contributed by atoms with Gasteiger partial charge in [-0.2, -0.15) is 0 Å². The third-order valence-electron chi connectivity index (χ3n) is 7.60. The molecule has 5 rings (SSSR count). The number of aryl methyl sites for hydroxylation is 1. The topological polar surface area (TPSA) is 109 Å². The number of morpholine rings is 1. The van der Waals surface area contributed by atoms with Crippen molar-refractivity contribution in [3.63, 3.8) is 0 Å². The lowest BCUT2D eigenvalue weighted by Crippen LogP contribution is -2.39. The van der Waals surface area contributed by atoms with E-state index in [2.05, 4.69) is 9.62 Å². The monoisotopic (exact) mass is 516 g/mol. The fourth-order valence-electron chi connectivity index (χ4n) is 5.50. The van der Waals surface area contributed by atoms with E-state index in [0.717, 1.165) is 62.7 Å². The Hall–Kier alpha value is -2.36. The molecule has 0 radical (unpaired) electrons.